The van der Waals surface area contributed by atoms with Crippen LogP contribution in [0.4, 0.5) is 29.2 Å². The van der Waals surface area contributed by atoms with Crippen LogP contribution in [0, 0.1) is 25.6 Å². The van der Waals surface area contributed by atoms with Crippen molar-refractivity contribution in [2.45, 2.75) is 26.6 Å². The van der Waals surface area contributed by atoms with Crippen LogP contribution < -0.4 is 5.32 Å². The molecule has 36 heavy (non-hydrogen) atoms. The molecule has 4 heterocycles. The number of nitrogens with one attached hydrogen (secondary N) is 1. The van der Waals surface area contributed by atoms with Crippen molar-refractivity contribution < 1.29 is 17.6 Å². The van der Waals surface area contributed by atoms with E-state index in [1.165, 1.54) is 18.5 Å². The number of alkyl halides is 3. The molecule has 0 spiro atoms. The van der Waals surface area contributed by atoms with Crippen LogP contribution in [0.3, 0.4) is 0 Å². The van der Waals surface area contributed by atoms with Gasteiger partial charge in [-0.15, -0.1) is 0 Å². The van der Waals surface area contributed by atoms with E-state index in [1.807, 2.05) is 19.9 Å². The highest BCUT2D eigenvalue weighted by Gasteiger charge is 2.47. The summed E-state index contributed by atoms with van der Waals surface area (Å²) >= 11 is 0. The molecule has 0 saturated carbocycles. The molecule has 1 aliphatic heterocycles. The van der Waals surface area contributed by atoms with E-state index in [-0.39, 0.29) is 25.5 Å². The lowest BCUT2D eigenvalue weighted by Crippen LogP contribution is -2.52. The van der Waals surface area contributed by atoms with Gasteiger partial charge in [-0.2, -0.15) is 23.4 Å². The van der Waals surface area contributed by atoms with Crippen LogP contribution in [-0.4, -0.2) is 53.7 Å². The summed E-state index contributed by atoms with van der Waals surface area (Å²) in [7, 11) is 1.74. The lowest BCUT2D eigenvalue weighted by molar-refractivity contribution is -0.210. The number of halogens is 4. The summed E-state index contributed by atoms with van der Waals surface area (Å²) in [5.74, 6) is -0.260. The molecule has 3 aromatic heterocycles. The van der Waals surface area contributed by atoms with Crippen molar-refractivity contribution in [1.82, 2.24) is 34.4 Å². The van der Waals surface area contributed by atoms with Crippen LogP contribution in [0.1, 0.15) is 17.0 Å². The van der Waals surface area contributed by atoms with Crippen LogP contribution in [0.2, 0.25) is 0 Å². The van der Waals surface area contributed by atoms with E-state index in [0.29, 0.717) is 34.3 Å². The Balaban J connectivity index is 1.48. The summed E-state index contributed by atoms with van der Waals surface area (Å²) in [6.45, 7) is 3.87. The lowest BCUT2D eigenvalue weighted by Gasteiger charge is -2.40. The molecule has 0 unspecified atom stereocenters. The fourth-order valence-corrected chi connectivity index (χ4v) is 4.43. The molecule has 1 fully saturated rings. The van der Waals surface area contributed by atoms with Crippen molar-refractivity contribution >= 4 is 11.6 Å². The zero-order chi connectivity index (χ0) is 25.6. The summed E-state index contributed by atoms with van der Waals surface area (Å²) < 4.78 is 56.1. The number of aromatic nitrogens is 6. The smallest absolute Gasteiger partial charge is 0.323 e. The minimum absolute atomic E-state index is 0.0870. The SMILES string of the molecule is Cc1cc(C)n(-c2cc(Nc3nn(C)c(-c4ccc(F)cc4)c3CN3CC(C(F)(F)F)C3)ncn2)n1. The van der Waals surface area contributed by atoms with Gasteiger partial charge in [0.1, 0.15) is 18.0 Å². The molecule has 1 aromatic carbocycles. The summed E-state index contributed by atoms with van der Waals surface area (Å²) in [5, 5.41) is 12.2. The second-order valence-corrected chi connectivity index (χ2v) is 8.96. The van der Waals surface area contributed by atoms with E-state index in [4.69, 9.17) is 0 Å². The van der Waals surface area contributed by atoms with E-state index in [0.717, 1.165) is 11.4 Å². The minimum Gasteiger partial charge on any atom is -0.323 e. The number of hydrogen-bond acceptors (Lipinski definition) is 6. The zero-order valence-electron chi connectivity index (χ0n) is 19.9. The normalized spacial score (nSPS) is 14.8. The predicted molar refractivity (Wildman–Crippen MR) is 125 cm³/mol. The second-order valence-electron chi connectivity index (χ2n) is 8.96. The van der Waals surface area contributed by atoms with Gasteiger partial charge in [-0.05, 0) is 44.2 Å². The number of rotatable bonds is 6. The largest absolute Gasteiger partial charge is 0.394 e. The fraction of sp³-hybridized carbons (Fsp3) is 0.333. The van der Waals surface area contributed by atoms with Crippen molar-refractivity contribution in [1.29, 1.82) is 0 Å². The van der Waals surface area contributed by atoms with Crippen molar-refractivity contribution in [3.63, 3.8) is 0 Å². The Labute approximate surface area is 204 Å². The maximum Gasteiger partial charge on any atom is 0.394 e. The van der Waals surface area contributed by atoms with Gasteiger partial charge >= 0.3 is 6.18 Å². The summed E-state index contributed by atoms with van der Waals surface area (Å²) in [6.07, 6.45) is -2.81. The number of hydrogen-bond donors (Lipinski definition) is 1. The molecule has 0 bridgehead atoms. The van der Waals surface area contributed by atoms with E-state index in [2.05, 4.69) is 25.5 Å². The first-order valence-electron chi connectivity index (χ1n) is 11.3. The van der Waals surface area contributed by atoms with Crippen molar-refractivity contribution in [3.05, 3.63) is 65.5 Å². The molecule has 0 atom stereocenters. The van der Waals surface area contributed by atoms with Crippen molar-refractivity contribution in [2.24, 2.45) is 13.0 Å². The van der Waals surface area contributed by atoms with Crippen molar-refractivity contribution in [3.8, 4) is 17.1 Å². The molecule has 1 aliphatic rings. The van der Waals surface area contributed by atoms with Gasteiger partial charge in [0.15, 0.2) is 11.6 Å². The highest BCUT2D eigenvalue weighted by molar-refractivity contribution is 5.72. The first-order valence-corrected chi connectivity index (χ1v) is 11.3. The van der Waals surface area contributed by atoms with E-state index >= 15 is 0 Å². The molecular formula is C24H24F4N8. The van der Waals surface area contributed by atoms with Gasteiger partial charge < -0.3 is 5.32 Å². The van der Waals surface area contributed by atoms with Crippen LogP contribution in [0.15, 0.2) is 42.7 Å². The molecule has 1 N–H and O–H groups in total. The third-order valence-electron chi connectivity index (χ3n) is 6.19. The van der Waals surface area contributed by atoms with Gasteiger partial charge in [0, 0.05) is 49.6 Å². The average Bonchev–Trinajstić information content (AvgIpc) is 3.27. The standard InChI is InChI=1S/C24H24F4N8/c1-14-8-15(2)36(32-14)21-9-20(29-13-30-21)31-23-19(12-35-10-17(11-35)24(26,27)28)22(34(3)33-23)16-4-6-18(25)7-5-16/h4-9,13,17H,10-12H2,1-3H3,(H,29,30,31,33). The first-order chi connectivity index (χ1) is 17.1. The summed E-state index contributed by atoms with van der Waals surface area (Å²) in [6, 6.07) is 9.59. The van der Waals surface area contributed by atoms with Gasteiger partial charge in [0.2, 0.25) is 0 Å². The van der Waals surface area contributed by atoms with Gasteiger partial charge in [-0.3, -0.25) is 9.58 Å². The molecule has 8 nitrogen and oxygen atoms in total. The highest BCUT2D eigenvalue weighted by atomic mass is 19.4. The van der Waals surface area contributed by atoms with Gasteiger partial charge in [-0.1, -0.05) is 0 Å². The van der Waals surface area contributed by atoms with E-state index in [1.54, 1.807) is 39.5 Å². The fourth-order valence-electron chi connectivity index (χ4n) is 4.43. The number of anilines is 2. The highest BCUT2D eigenvalue weighted by Crippen LogP contribution is 2.37. The van der Waals surface area contributed by atoms with E-state index in [9.17, 15) is 17.6 Å². The summed E-state index contributed by atoms with van der Waals surface area (Å²) in [4.78, 5) is 10.3. The minimum atomic E-state index is -4.22. The Morgan fingerprint density at radius 2 is 1.75 bits per heavy atom. The van der Waals surface area contributed by atoms with Crippen LogP contribution in [-0.2, 0) is 13.6 Å². The predicted octanol–water partition coefficient (Wildman–Crippen LogP) is 4.56. The molecule has 0 aliphatic carbocycles. The van der Waals surface area contributed by atoms with Gasteiger partial charge in [-0.25, -0.2) is 19.0 Å². The monoisotopic (exact) mass is 500 g/mol. The molecule has 0 amide bonds. The zero-order valence-corrected chi connectivity index (χ0v) is 19.9. The molecule has 5 rings (SSSR count). The maximum atomic E-state index is 13.6. The molecule has 12 heteroatoms. The van der Waals surface area contributed by atoms with Crippen LogP contribution in [0.25, 0.3) is 17.1 Å². The molecule has 4 aromatic rings. The Morgan fingerprint density at radius 3 is 2.39 bits per heavy atom. The molecule has 1 saturated heterocycles. The van der Waals surface area contributed by atoms with Crippen LogP contribution >= 0.6 is 0 Å². The average molecular weight is 501 g/mol. The lowest BCUT2D eigenvalue weighted by atomic mass is 9.98. The molecular weight excluding hydrogens is 476 g/mol. The number of nitrogens with zero attached hydrogens (tertiary/aromatic N) is 7. The van der Waals surface area contributed by atoms with Gasteiger partial charge in [0.25, 0.3) is 0 Å². The Hall–Kier alpha value is -3.80. The third kappa shape index (κ3) is 4.68. The number of benzene rings is 1. The number of likely N-dealkylation sites (tertiary alicyclic amines) is 1. The number of aryl methyl sites for hydroxylation is 3. The third-order valence-corrected chi connectivity index (χ3v) is 6.19. The molecule has 188 valence electrons. The summed E-state index contributed by atoms with van der Waals surface area (Å²) in [5.41, 5.74) is 3.83. The Bertz CT molecular complexity index is 1380. The first kappa shape index (κ1) is 23.9. The topological polar surface area (TPSA) is 76.7 Å². The molecule has 0 radical (unpaired) electrons. The van der Waals surface area contributed by atoms with Gasteiger partial charge in [0.05, 0.1) is 17.3 Å². The van der Waals surface area contributed by atoms with E-state index < -0.39 is 12.1 Å². The maximum absolute atomic E-state index is 13.6. The van der Waals surface area contributed by atoms with Crippen molar-refractivity contribution in [2.75, 3.05) is 18.4 Å². The Morgan fingerprint density at radius 1 is 1.03 bits per heavy atom. The second kappa shape index (κ2) is 9.01. The van der Waals surface area contributed by atoms with Crippen LogP contribution in [0.5, 0.6) is 0 Å². The quantitative estimate of drug-likeness (QED) is 0.392. The Kier molecular flexibility index (Phi) is 5.99.